The van der Waals surface area contributed by atoms with Crippen molar-refractivity contribution in [3.05, 3.63) is 34.4 Å². The van der Waals surface area contributed by atoms with E-state index in [0.717, 1.165) is 0 Å². The molecule has 0 aliphatic heterocycles. The van der Waals surface area contributed by atoms with Gasteiger partial charge in [0.25, 0.3) is 0 Å². The van der Waals surface area contributed by atoms with Crippen molar-refractivity contribution in [2.75, 3.05) is 0 Å². The lowest BCUT2D eigenvalue weighted by atomic mass is 10.1. The molecule has 0 nitrogen and oxygen atoms in total. The highest BCUT2D eigenvalue weighted by Crippen LogP contribution is 2.45. The van der Waals surface area contributed by atoms with Crippen LogP contribution >= 0.6 is 34.8 Å². The van der Waals surface area contributed by atoms with Gasteiger partial charge in [-0.2, -0.15) is 13.2 Å². The van der Waals surface area contributed by atoms with Gasteiger partial charge >= 0.3 is 6.18 Å². The fourth-order valence-electron chi connectivity index (χ4n) is 1.13. The molecule has 0 aliphatic rings. The van der Waals surface area contributed by atoms with Crippen LogP contribution in [0.15, 0.2) is 0 Å². The van der Waals surface area contributed by atoms with Crippen LogP contribution in [0.5, 0.6) is 0 Å². The van der Waals surface area contributed by atoms with Crippen LogP contribution in [0.25, 0.3) is 0 Å². The summed E-state index contributed by atoms with van der Waals surface area (Å²) in [5.41, 5.74) is -4.48. The molecule has 0 spiro atoms. The van der Waals surface area contributed by atoms with Crippen LogP contribution in [0.4, 0.5) is 30.7 Å². The largest absolute Gasteiger partial charge is 0.422 e. The molecule has 0 amide bonds. The van der Waals surface area contributed by atoms with Gasteiger partial charge in [-0.1, -0.05) is 34.8 Å². The summed E-state index contributed by atoms with van der Waals surface area (Å²) in [5, 5.41) is 0. The molecule has 1 aromatic rings. The number of benzene rings is 1. The molecule has 0 fully saturated rings. The third-order valence-electron chi connectivity index (χ3n) is 1.83. The molecular weight excluding hydrogens is 335 g/mol. The number of halogens is 10. The van der Waals surface area contributed by atoms with Gasteiger partial charge in [0, 0.05) is 0 Å². The van der Waals surface area contributed by atoms with E-state index in [9.17, 15) is 30.7 Å². The van der Waals surface area contributed by atoms with E-state index < -0.39 is 44.4 Å². The second-order valence-electron chi connectivity index (χ2n) is 3.00. The number of rotatable bonds is 0. The second kappa shape index (κ2) is 4.61. The van der Waals surface area contributed by atoms with Crippen molar-refractivity contribution in [3.63, 3.8) is 0 Å². The van der Waals surface area contributed by atoms with Gasteiger partial charge in [0.2, 0.25) is 3.79 Å². The van der Waals surface area contributed by atoms with E-state index in [-0.39, 0.29) is 0 Å². The minimum atomic E-state index is -5.64. The predicted molar refractivity (Wildman–Crippen MR) is 50.5 cm³/mol. The highest BCUT2D eigenvalue weighted by Gasteiger charge is 2.45. The van der Waals surface area contributed by atoms with Gasteiger partial charge in [0.05, 0.1) is 5.56 Å². The molecule has 0 bridgehead atoms. The normalized spacial score (nSPS) is 13.0. The molecule has 0 aromatic heterocycles. The highest BCUT2D eigenvalue weighted by atomic mass is 35.6. The third-order valence-corrected chi connectivity index (χ3v) is 2.40. The smallest absolute Gasteiger partial charge is 0.203 e. The Morgan fingerprint density at radius 3 is 1.11 bits per heavy atom. The van der Waals surface area contributed by atoms with Gasteiger partial charge in [0.15, 0.2) is 23.3 Å². The summed E-state index contributed by atoms with van der Waals surface area (Å²) in [6.07, 6.45) is -5.64. The average molecular weight is 335 g/mol. The van der Waals surface area contributed by atoms with E-state index in [1.54, 1.807) is 0 Å². The SMILES string of the molecule is Fc1c(F)c(C(Cl)(Cl)Cl)c(F)c(F)c1C(F)(F)F. The summed E-state index contributed by atoms with van der Waals surface area (Å²) in [6.45, 7) is 0. The molecule has 0 unspecified atom stereocenters. The van der Waals surface area contributed by atoms with Gasteiger partial charge in [-0.05, 0) is 0 Å². The maximum Gasteiger partial charge on any atom is 0.422 e. The Morgan fingerprint density at radius 2 is 0.889 bits per heavy atom. The van der Waals surface area contributed by atoms with E-state index in [1.807, 2.05) is 0 Å². The zero-order valence-corrected chi connectivity index (χ0v) is 10.0. The zero-order valence-electron chi connectivity index (χ0n) is 7.78. The Balaban J connectivity index is 3.79. The third kappa shape index (κ3) is 2.62. The van der Waals surface area contributed by atoms with Crippen LogP contribution in [0.1, 0.15) is 11.1 Å². The minimum Gasteiger partial charge on any atom is -0.203 e. The van der Waals surface area contributed by atoms with E-state index in [1.165, 1.54) is 0 Å². The Bertz CT molecular complexity index is 415. The Hall–Kier alpha value is -0.400. The highest BCUT2D eigenvalue weighted by molar-refractivity contribution is 6.66. The molecule has 0 saturated carbocycles. The van der Waals surface area contributed by atoms with Crippen LogP contribution < -0.4 is 0 Å². The van der Waals surface area contributed by atoms with Gasteiger partial charge < -0.3 is 0 Å². The Labute approximate surface area is 110 Å². The topological polar surface area (TPSA) is 0 Å². The molecule has 1 rings (SSSR count). The minimum absolute atomic E-state index is 1.75. The lowest BCUT2D eigenvalue weighted by Crippen LogP contribution is -2.20. The van der Waals surface area contributed by atoms with Gasteiger partial charge in [-0.15, -0.1) is 0 Å². The Kier molecular flexibility index (Phi) is 4.01. The van der Waals surface area contributed by atoms with Crippen molar-refractivity contribution in [3.8, 4) is 0 Å². The lowest BCUT2D eigenvalue weighted by Gasteiger charge is -2.17. The number of hydrogen-bond donors (Lipinski definition) is 0. The summed E-state index contributed by atoms with van der Waals surface area (Å²) in [4.78, 5) is 0. The van der Waals surface area contributed by atoms with Crippen LogP contribution in [0.3, 0.4) is 0 Å². The lowest BCUT2D eigenvalue weighted by molar-refractivity contribution is -0.143. The summed E-state index contributed by atoms with van der Waals surface area (Å²) in [7, 11) is 0. The van der Waals surface area contributed by atoms with Crippen molar-refractivity contribution < 1.29 is 30.7 Å². The van der Waals surface area contributed by atoms with E-state index >= 15 is 0 Å². The van der Waals surface area contributed by atoms with Crippen LogP contribution in [-0.2, 0) is 9.97 Å². The van der Waals surface area contributed by atoms with Crippen LogP contribution in [-0.4, -0.2) is 0 Å². The van der Waals surface area contributed by atoms with Crippen molar-refractivity contribution >= 4 is 34.8 Å². The van der Waals surface area contributed by atoms with Gasteiger partial charge in [-0.25, -0.2) is 17.6 Å². The molecular formula is C8Cl3F7. The molecule has 0 heterocycles. The molecule has 10 heteroatoms. The van der Waals surface area contributed by atoms with Crippen molar-refractivity contribution in [1.82, 2.24) is 0 Å². The first kappa shape index (κ1) is 15.7. The fourth-order valence-corrected chi connectivity index (χ4v) is 1.63. The van der Waals surface area contributed by atoms with E-state index in [0.29, 0.717) is 0 Å². The molecule has 0 N–H and O–H groups in total. The zero-order chi connectivity index (χ0) is 14.5. The molecule has 1 aromatic carbocycles. The Morgan fingerprint density at radius 1 is 0.611 bits per heavy atom. The van der Waals surface area contributed by atoms with Crippen molar-refractivity contribution in [1.29, 1.82) is 0 Å². The fraction of sp³-hybridized carbons (Fsp3) is 0.250. The molecule has 102 valence electrons. The molecule has 18 heavy (non-hydrogen) atoms. The predicted octanol–water partition coefficient (Wildman–Crippen LogP) is 5.09. The second-order valence-corrected chi connectivity index (χ2v) is 5.28. The summed E-state index contributed by atoms with van der Waals surface area (Å²) >= 11 is 15.0. The van der Waals surface area contributed by atoms with Gasteiger partial charge in [-0.3, -0.25) is 0 Å². The first-order chi connectivity index (χ1) is 7.89. The number of hydrogen-bond acceptors (Lipinski definition) is 0. The van der Waals surface area contributed by atoms with Crippen LogP contribution in [0, 0.1) is 23.3 Å². The average Bonchev–Trinajstić information content (AvgIpc) is 2.10. The molecule has 0 saturated heterocycles. The summed E-state index contributed by atoms with van der Waals surface area (Å²) in [5.74, 6) is -10.2. The molecule has 0 atom stereocenters. The monoisotopic (exact) mass is 334 g/mol. The van der Waals surface area contributed by atoms with Crippen LogP contribution in [0.2, 0.25) is 0 Å². The van der Waals surface area contributed by atoms with Gasteiger partial charge in [0.1, 0.15) is 5.56 Å². The first-order valence-electron chi connectivity index (χ1n) is 3.89. The summed E-state index contributed by atoms with van der Waals surface area (Å²) in [6, 6.07) is 0. The number of alkyl halides is 6. The standard InChI is InChI=1S/C8Cl3F7/c9-7(10,11)1-3(12)5(14)2(8(16,17)18)6(15)4(1)13. The molecule has 0 radical (unpaired) electrons. The van der Waals surface area contributed by atoms with Crippen molar-refractivity contribution in [2.24, 2.45) is 0 Å². The molecule has 0 aliphatic carbocycles. The summed E-state index contributed by atoms with van der Waals surface area (Å²) < 4.78 is 86.1. The first-order valence-corrected chi connectivity index (χ1v) is 5.02. The van der Waals surface area contributed by atoms with Crippen molar-refractivity contribution in [2.45, 2.75) is 9.97 Å². The van der Waals surface area contributed by atoms with E-state index in [2.05, 4.69) is 0 Å². The van der Waals surface area contributed by atoms with E-state index in [4.69, 9.17) is 34.8 Å². The maximum atomic E-state index is 13.2. The quantitative estimate of drug-likeness (QED) is 0.352. The maximum absolute atomic E-state index is 13.2.